The van der Waals surface area contributed by atoms with Crippen molar-refractivity contribution in [3.05, 3.63) is 56.0 Å². The van der Waals surface area contributed by atoms with Crippen LogP contribution in [-0.2, 0) is 85.0 Å². The first kappa shape index (κ1) is 89.2. The number of alkyl halides is 1. The largest absolute Gasteiger partial charge is 0.519 e. The zero-order chi connectivity index (χ0) is 78.5. The standard InChI is InChI=1S/C63H95ClN12O29/c1-6-8-9-10-11-12-13-14-15-18-34(78)25-44(80)68-40-28-99-59(94)47(41(79)27-64)75-57(91)48(49(83)58(92)93)76-50(84)35(7-2)69-56(90)46(31(3)77)74-53(87)37(20-22-65)71-51(85)36(19-16-17-23-66-60(95)100-29-42-32(4)102-62(97)104-42)70-54(88)39(26-45(81)82)73-52(86)38(72-55(40)89)21-24-67-61(96)101-30-43-33(5)103-63(98)105-43/h7,31,34,36-41,46-49,77-79,83H,6,8-30,65H2,1-5H3,(H,66,95)(H,67,96)(H,68,80)(H,69,90)(H,70,88)(H,71,85)(H,72,89)(H,73,86)(H,74,87)(H,75,91)(H,76,84)(H,81,82)(H,92,93)/b35-7-/t31-,34+,36-,37-,38+,39-,40-,41+,46-,47-,48-,49-/m0/s1. The molecule has 3 heterocycles. The van der Waals surface area contributed by atoms with E-state index in [0.717, 1.165) is 64.9 Å². The molecule has 588 valence electrons. The summed E-state index contributed by atoms with van der Waals surface area (Å²) in [6, 6.07) is -17.3. The van der Waals surface area contributed by atoms with Gasteiger partial charge in [-0.2, -0.15) is 0 Å². The highest BCUT2D eigenvalue weighted by Crippen LogP contribution is 2.15. The third-order valence-corrected chi connectivity index (χ3v) is 16.1. The number of amides is 11. The number of aliphatic carboxylic acids is 2. The number of ether oxygens (including phenoxy) is 3. The molecule has 1 saturated heterocycles. The van der Waals surface area contributed by atoms with Crippen LogP contribution < -0.4 is 75.9 Å². The first-order chi connectivity index (χ1) is 49.7. The highest BCUT2D eigenvalue weighted by atomic mass is 35.5. The molecule has 0 bridgehead atoms. The smallest absolute Gasteiger partial charge is 0.481 e. The number of rotatable bonds is 34. The number of aliphatic hydroxyl groups is 4. The summed E-state index contributed by atoms with van der Waals surface area (Å²) in [5.41, 5.74) is 4.98. The Kier molecular flexibility index (Phi) is 39.7. The lowest BCUT2D eigenvalue weighted by Gasteiger charge is -2.28. The molecule has 0 aliphatic carbocycles. The molecular formula is C63H95ClN12O29. The van der Waals surface area contributed by atoms with Crippen molar-refractivity contribution in [1.29, 1.82) is 0 Å². The van der Waals surface area contributed by atoms with Crippen LogP contribution in [0.3, 0.4) is 0 Å². The maximum Gasteiger partial charge on any atom is 0.519 e. The summed E-state index contributed by atoms with van der Waals surface area (Å²) in [6.45, 7) is 3.08. The summed E-state index contributed by atoms with van der Waals surface area (Å²) >= 11 is 5.91. The molecule has 2 aromatic heterocycles. The van der Waals surface area contributed by atoms with Crippen LogP contribution >= 0.6 is 11.6 Å². The van der Waals surface area contributed by atoms with Gasteiger partial charge in [-0.25, -0.2) is 28.8 Å². The van der Waals surface area contributed by atoms with Crippen molar-refractivity contribution in [3.63, 3.8) is 0 Å². The number of cyclic esters (lactones) is 1. The van der Waals surface area contributed by atoms with E-state index in [2.05, 4.69) is 54.8 Å². The molecule has 1 fully saturated rings. The topological polar surface area (TPSA) is 633 Å². The number of nitrogens with one attached hydrogen (secondary N) is 11. The maximum atomic E-state index is 14.7. The number of carboxylic acids is 2. The Hall–Kier alpha value is -9.97. The van der Waals surface area contributed by atoms with Gasteiger partial charge in [-0.1, -0.05) is 70.8 Å². The minimum atomic E-state index is -2.91. The van der Waals surface area contributed by atoms with E-state index in [1.165, 1.54) is 13.8 Å². The maximum absolute atomic E-state index is 14.7. The summed E-state index contributed by atoms with van der Waals surface area (Å²) in [5, 5.41) is 87.6. The van der Waals surface area contributed by atoms with Crippen molar-refractivity contribution in [1.82, 2.24) is 58.5 Å². The Morgan fingerprint density at radius 1 is 0.600 bits per heavy atom. The van der Waals surface area contributed by atoms with E-state index in [1.54, 1.807) is 0 Å². The van der Waals surface area contributed by atoms with Crippen LogP contribution in [0.25, 0.3) is 0 Å². The van der Waals surface area contributed by atoms with Gasteiger partial charge in [-0.05, 0) is 72.8 Å². The van der Waals surface area contributed by atoms with Gasteiger partial charge in [-0.3, -0.25) is 47.9 Å². The van der Waals surface area contributed by atoms with E-state index in [0.29, 0.717) is 12.8 Å². The third kappa shape index (κ3) is 32.3. The molecule has 41 nitrogen and oxygen atoms in total. The predicted molar refractivity (Wildman–Crippen MR) is 358 cm³/mol. The molecule has 2 aromatic rings. The van der Waals surface area contributed by atoms with E-state index in [-0.39, 0.29) is 48.8 Å². The monoisotopic (exact) mass is 1520 g/mol. The molecule has 0 unspecified atom stereocenters. The van der Waals surface area contributed by atoms with E-state index < -0.39 is 244 Å². The second-order valence-corrected chi connectivity index (χ2v) is 24.5. The molecule has 105 heavy (non-hydrogen) atoms. The number of allylic oxidation sites excluding steroid dienone is 1. The number of aliphatic hydroxyl groups excluding tert-OH is 4. The van der Waals surface area contributed by atoms with Gasteiger partial charge in [0.15, 0.2) is 48.4 Å². The van der Waals surface area contributed by atoms with E-state index in [9.17, 15) is 107 Å². The van der Waals surface area contributed by atoms with Crippen molar-refractivity contribution in [3.8, 4) is 0 Å². The second-order valence-electron chi connectivity index (χ2n) is 24.2. The third-order valence-electron chi connectivity index (χ3n) is 15.8. The second kappa shape index (κ2) is 46.7. The summed E-state index contributed by atoms with van der Waals surface area (Å²) in [5.74, 6) is -21.9. The molecule has 42 heteroatoms. The number of halogens is 1. The van der Waals surface area contributed by atoms with Gasteiger partial charge in [-0.15, -0.1) is 11.6 Å². The number of hydrogen-bond donors (Lipinski definition) is 18. The van der Waals surface area contributed by atoms with Crippen molar-refractivity contribution in [2.75, 3.05) is 32.1 Å². The minimum Gasteiger partial charge on any atom is -0.481 e. The first-order valence-electron chi connectivity index (χ1n) is 33.7. The number of hydrogen-bond acceptors (Lipinski definition) is 28. The van der Waals surface area contributed by atoms with Crippen LogP contribution in [0.15, 0.2) is 39.0 Å². The van der Waals surface area contributed by atoms with Crippen LogP contribution in [-0.4, -0.2) is 219 Å². The Morgan fingerprint density at radius 3 is 1.62 bits per heavy atom. The van der Waals surface area contributed by atoms with Gasteiger partial charge in [0.05, 0.1) is 37.0 Å². The fourth-order valence-electron chi connectivity index (χ4n) is 9.93. The molecule has 1 aliphatic heterocycles. The van der Waals surface area contributed by atoms with Gasteiger partial charge in [0.25, 0.3) is 5.91 Å². The zero-order valence-electron chi connectivity index (χ0n) is 58.5. The van der Waals surface area contributed by atoms with Crippen LogP contribution in [0.2, 0.25) is 0 Å². The number of unbranched alkanes of at least 4 members (excludes halogenated alkanes) is 9. The molecule has 3 rings (SSSR count). The molecule has 0 spiro atoms. The lowest BCUT2D eigenvalue weighted by molar-refractivity contribution is -0.155. The Labute approximate surface area is 604 Å². The molecule has 1 aliphatic rings. The fraction of sp³-hybridized carbons (Fsp3) is 0.651. The Bertz CT molecular complexity index is 3430. The summed E-state index contributed by atoms with van der Waals surface area (Å²) < 4.78 is 34.5. The zero-order valence-corrected chi connectivity index (χ0v) is 59.3. The number of carbonyl (C=O) groups is 14. The molecule has 0 aromatic carbocycles. The molecular weight excluding hydrogens is 1420 g/mol. The van der Waals surface area contributed by atoms with Gasteiger partial charge in [0.1, 0.15) is 54.6 Å². The van der Waals surface area contributed by atoms with Crippen molar-refractivity contribution < 1.29 is 130 Å². The van der Waals surface area contributed by atoms with Crippen molar-refractivity contribution >= 4 is 94.9 Å². The molecule has 0 saturated carbocycles. The number of carbonyl (C=O) groups excluding carboxylic acids is 12. The average molecular weight is 1520 g/mol. The van der Waals surface area contributed by atoms with E-state index in [4.69, 9.17) is 49.2 Å². The van der Waals surface area contributed by atoms with Crippen LogP contribution in [0, 0.1) is 13.8 Å². The number of nitrogens with two attached hydrogens (primary N) is 1. The molecule has 0 radical (unpaired) electrons. The average Bonchev–Trinajstić information content (AvgIpc) is 1.40. The summed E-state index contributed by atoms with van der Waals surface area (Å²) in [7, 11) is 0. The van der Waals surface area contributed by atoms with E-state index >= 15 is 0 Å². The minimum absolute atomic E-state index is 0.0269. The number of esters is 1. The number of alkyl carbamates (subject to hydrolysis) is 2. The fourth-order valence-corrected chi connectivity index (χ4v) is 10.1. The highest BCUT2D eigenvalue weighted by molar-refractivity contribution is 6.18. The van der Waals surface area contributed by atoms with Crippen LogP contribution in [0.1, 0.15) is 153 Å². The van der Waals surface area contributed by atoms with Crippen LogP contribution in [0.4, 0.5) is 9.59 Å². The Balaban J connectivity index is 2.23. The first-order valence-corrected chi connectivity index (χ1v) is 34.3. The Morgan fingerprint density at radius 2 is 1.10 bits per heavy atom. The van der Waals surface area contributed by atoms with Crippen molar-refractivity contribution in [2.45, 2.75) is 230 Å². The lowest BCUT2D eigenvalue weighted by Crippen LogP contribution is -2.62. The van der Waals surface area contributed by atoms with Gasteiger partial charge in [0, 0.05) is 13.1 Å². The van der Waals surface area contributed by atoms with Gasteiger partial charge >= 0.3 is 41.7 Å². The molecule has 19 N–H and O–H groups in total. The lowest BCUT2D eigenvalue weighted by atomic mass is 10.0. The highest BCUT2D eigenvalue weighted by Gasteiger charge is 2.41. The van der Waals surface area contributed by atoms with Crippen LogP contribution in [0.5, 0.6) is 0 Å². The van der Waals surface area contributed by atoms with Crippen molar-refractivity contribution in [2.24, 2.45) is 5.73 Å². The number of carboxylic acid groups (broad SMARTS) is 2. The quantitative estimate of drug-likeness (QED) is 0.0106. The van der Waals surface area contributed by atoms with E-state index in [1.807, 2.05) is 10.6 Å². The molecule has 11 amide bonds. The predicted octanol–water partition coefficient (Wildman–Crippen LogP) is -3.51. The summed E-state index contributed by atoms with van der Waals surface area (Å²) in [6.07, 6.45) is -5.26. The van der Waals surface area contributed by atoms with Gasteiger partial charge < -0.3 is 127 Å². The number of aryl methyl sites for hydroxylation is 2. The molecule has 12 atom stereocenters. The van der Waals surface area contributed by atoms with Gasteiger partial charge in [0.2, 0.25) is 47.3 Å². The summed E-state index contributed by atoms with van der Waals surface area (Å²) in [4.78, 5) is 215. The normalized spacial score (nSPS) is 21.7. The SMILES string of the molecule is C/C=C1\NC(=O)[C@H]([C@H](C)O)NC(=O)[C@H](CCN)NC(=O)[C@H](CCCCNC(=O)OCc2oc(=O)oc2C)NC(=O)[C@H](CC(=O)O)NC(=O)[C@@H](CCNC(=O)OCc2oc(=O)oc2C)NC(=O)[C@@H](NC(=O)C[C@H](O)CCCCCCCCCCC)COC(=O)[C@H]([C@H](O)CCl)NC(=O)[C@H]([C@H](O)C(=O)O)NC1=O.